The fraction of sp³-hybridized carbons (Fsp3) is 0.417. The third-order valence-electron chi connectivity index (χ3n) is 2.35. The van der Waals surface area contributed by atoms with Crippen LogP contribution in [0.25, 0.3) is 0 Å². The van der Waals surface area contributed by atoms with E-state index in [0.717, 1.165) is 23.7 Å². The second-order valence-electron chi connectivity index (χ2n) is 3.68. The van der Waals surface area contributed by atoms with E-state index in [2.05, 4.69) is 17.2 Å². The molecule has 0 spiro atoms. The molecule has 2 aromatic rings. The summed E-state index contributed by atoms with van der Waals surface area (Å²) in [6, 6.07) is 4.06. The van der Waals surface area contributed by atoms with E-state index in [9.17, 15) is 0 Å². The Labute approximate surface area is 99.5 Å². The van der Waals surface area contributed by atoms with Crippen LogP contribution in [0.1, 0.15) is 35.0 Å². The largest absolute Gasteiger partial charge is 0.467 e. The van der Waals surface area contributed by atoms with Crippen molar-refractivity contribution in [3.63, 3.8) is 0 Å². The fourth-order valence-corrected chi connectivity index (χ4v) is 2.47. The normalized spacial score (nSPS) is 12.9. The number of thiazole rings is 1. The van der Waals surface area contributed by atoms with E-state index in [0.29, 0.717) is 0 Å². The molecule has 0 bridgehead atoms. The van der Waals surface area contributed by atoms with E-state index in [1.165, 1.54) is 4.88 Å². The predicted molar refractivity (Wildman–Crippen MR) is 65.7 cm³/mol. The zero-order valence-corrected chi connectivity index (χ0v) is 10.4. The highest BCUT2D eigenvalue weighted by atomic mass is 32.1. The van der Waals surface area contributed by atoms with Crippen LogP contribution in [-0.2, 0) is 0 Å². The van der Waals surface area contributed by atoms with Crippen LogP contribution < -0.4 is 5.32 Å². The zero-order chi connectivity index (χ0) is 11.4. The maximum Gasteiger partial charge on any atom is 0.126 e. The van der Waals surface area contributed by atoms with Gasteiger partial charge in [-0.2, -0.15) is 0 Å². The fourth-order valence-electron chi connectivity index (χ4n) is 1.60. The first kappa shape index (κ1) is 11.4. The third kappa shape index (κ3) is 2.51. The minimum Gasteiger partial charge on any atom is -0.467 e. The molecule has 2 aromatic heterocycles. The van der Waals surface area contributed by atoms with Gasteiger partial charge in [0.2, 0.25) is 0 Å². The molecule has 4 heteroatoms. The number of rotatable bonds is 5. The Bertz CT molecular complexity index is 422. The molecule has 0 radical (unpaired) electrons. The second-order valence-corrected chi connectivity index (χ2v) is 4.95. The molecular formula is C12H16N2OS. The lowest BCUT2D eigenvalue weighted by atomic mass is 10.2. The van der Waals surface area contributed by atoms with Crippen molar-refractivity contribution in [2.75, 3.05) is 6.54 Å². The molecule has 1 unspecified atom stereocenters. The minimum atomic E-state index is 0.140. The third-order valence-corrected chi connectivity index (χ3v) is 3.33. The van der Waals surface area contributed by atoms with Gasteiger partial charge in [0, 0.05) is 11.1 Å². The van der Waals surface area contributed by atoms with E-state index in [1.54, 1.807) is 17.6 Å². The lowest BCUT2D eigenvalue weighted by Gasteiger charge is -2.13. The SMILES string of the molecule is CCCNC(c1ccco1)c1cnc(C)s1. The van der Waals surface area contributed by atoms with Crippen LogP contribution in [0.4, 0.5) is 0 Å². The number of hydrogen-bond donors (Lipinski definition) is 1. The van der Waals surface area contributed by atoms with Crippen molar-refractivity contribution in [2.24, 2.45) is 0 Å². The van der Waals surface area contributed by atoms with E-state index < -0.39 is 0 Å². The van der Waals surface area contributed by atoms with Gasteiger partial charge in [-0.25, -0.2) is 4.98 Å². The minimum absolute atomic E-state index is 0.140. The van der Waals surface area contributed by atoms with Crippen LogP contribution in [0.3, 0.4) is 0 Å². The van der Waals surface area contributed by atoms with E-state index in [-0.39, 0.29) is 6.04 Å². The average molecular weight is 236 g/mol. The molecular weight excluding hydrogens is 220 g/mol. The number of aromatic nitrogens is 1. The van der Waals surface area contributed by atoms with Gasteiger partial charge in [0.1, 0.15) is 11.8 Å². The molecule has 0 aliphatic rings. The summed E-state index contributed by atoms with van der Waals surface area (Å²) in [5.41, 5.74) is 0. The Kier molecular flexibility index (Phi) is 3.74. The van der Waals surface area contributed by atoms with Gasteiger partial charge in [-0.05, 0) is 32.0 Å². The first-order valence-corrected chi connectivity index (χ1v) is 6.32. The summed E-state index contributed by atoms with van der Waals surface area (Å²) < 4.78 is 5.47. The molecule has 2 heterocycles. The highest BCUT2D eigenvalue weighted by Crippen LogP contribution is 2.26. The first-order chi connectivity index (χ1) is 7.81. The van der Waals surface area contributed by atoms with Crippen molar-refractivity contribution < 1.29 is 4.42 Å². The van der Waals surface area contributed by atoms with Crippen molar-refractivity contribution in [3.05, 3.63) is 40.2 Å². The predicted octanol–water partition coefficient (Wildman–Crippen LogP) is 3.13. The van der Waals surface area contributed by atoms with Gasteiger partial charge < -0.3 is 9.73 Å². The van der Waals surface area contributed by atoms with Crippen molar-refractivity contribution in [1.29, 1.82) is 0 Å². The summed E-state index contributed by atoms with van der Waals surface area (Å²) in [5.74, 6) is 0.956. The van der Waals surface area contributed by atoms with Gasteiger partial charge in [-0.3, -0.25) is 0 Å². The monoisotopic (exact) mass is 236 g/mol. The van der Waals surface area contributed by atoms with E-state index >= 15 is 0 Å². The maximum absolute atomic E-state index is 5.47. The van der Waals surface area contributed by atoms with Crippen LogP contribution in [-0.4, -0.2) is 11.5 Å². The van der Waals surface area contributed by atoms with Gasteiger partial charge in [0.15, 0.2) is 0 Å². The van der Waals surface area contributed by atoms with Crippen molar-refractivity contribution in [2.45, 2.75) is 26.3 Å². The maximum atomic E-state index is 5.47. The molecule has 3 nitrogen and oxygen atoms in total. The average Bonchev–Trinajstić information content (AvgIpc) is 2.91. The van der Waals surface area contributed by atoms with Gasteiger partial charge in [0.25, 0.3) is 0 Å². The van der Waals surface area contributed by atoms with Crippen LogP contribution in [0, 0.1) is 6.92 Å². The Morgan fingerprint density at radius 2 is 2.44 bits per heavy atom. The Morgan fingerprint density at radius 3 is 3.00 bits per heavy atom. The van der Waals surface area contributed by atoms with Crippen LogP contribution >= 0.6 is 11.3 Å². The number of hydrogen-bond acceptors (Lipinski definition) is 4. The van der Waals surface area contributed by atoms with Crippen LogP contribution in [0.15, 0.2) is 29.0 Å². The number of nitrogens with zero attached hydrogens (tertiary/aromatic N) is 1. The highest BCUT2D eigenvalue weighted by molar-refractivity contribution is 7.11. The Hall–Kier alpha value is -1.13. The van der Waals surface area contributed by atoms with Crippen LogP contribution in [0.2, 0.25) is 0 Å². The smallest absolute Gasteiger partial charge is 0.126 e. The van der Waals surface area contributed by atoms with Crippen LogP contribution in [0.5, 0.6) is 0 Å². The molecule has 86 valence electrons. The van der Waals surface area contributed by atoms with Crippen molar-refractivity contribution in [3.8, 4) is 0 Å². The second kappa shape index (κ2) is 5.27. The molecule has 0 aliphatic carbocycles. The van der Waals surface area contributed by atoms with Crippen molar-refractivity contribution in [1.82, 2.24) is 10.3 Å². The number of furan rings is 1. The van der Waals surface area contributed by atoms with E-state index in [4.69, 9.17) is 4.42 Å². The summed E-state index contributed by atoms with van der Waals surface area (Å²) in [6.07, 6.45) is 4.74. The summed E-state index contributed by atoms with van der Waals surface area (Å²) in [5, 5.41) is 4.57. The molecule has 0 amide bonds. The summed E-state index contributed by atoms with van der Waals surface area (Å²) in [4.78, 5) is 5.50. The Morgan fingerprint density at radius 1 is 1.56 bits per heavy atom. The quantitative estimate of drug-likeness (QED) is 0.866. The Balaban J connectivity index is 2.21. The number of aryl methyl sites for hydroxylation is 1. The lowest BCUT2D eigenvalue weighted by Crippen LogP contribution is -2.21. The van der Waals surface area contributed by atoms with Gasteiger partial charge in [0.05, 0.1) is 11.3 Å². The first-order valence-electron chi connectivity index (χ1n) is 5.50. The molecule has 0 aromatic carbocycles. The molecule has 2 rings (SSSR count). The summed E-state index contributed by atoms with van der Waals surface area (Å²) in [7, 11) is 0. The molecule has 0 fully saturated rings. The summed E-state index contributed by atoms with van der Waals surface area (Å²) >= 11 is 1.71. The zero-order valence-electron chi connectivity index (χ0n) is 9.56. The molecule has 0 saturated heterocycles. The molecule has 1 atom stereocenters. The van der Waals surface area contributed by atoms with E-state index in [1.807, 2.05) is 25.3 Å². The van der Waals surface area contributed by atoms with Crippen molar-refractivity contribution >= 4 is 11.3 Å². The van der Waals surface area contributed by atoms with Gasteiger partial charge in [-0.1, -0.05) is 6.92 Å². The lowest BCUT2D eigenvalue weighted by molar-refractivity contribution is 0.449. The standard InChI is InChI=1S/C12H16N2OS/c1-3-6-13-12(10-5-4-7-15-10)11-8-14-9(2)16-11/h4-5,7-8,12-13H,3,6H2,1-2H3. The highest BCUT2D eigenvalue weighted by Gasteiger charge is 2.17. The topological polar surface area (TPSA) is 38.1 Å². The molecule has 0 saturated carbocycles. The molecule has 0 aliphatic heterocycles. The summed E-state index contributed by atoms with van der Waals surface area (Å²) in [6.45, 7) is 5.15. The van der Waals surface area contributed by atoms with Gasteiger partial charge in [-0.15, -0.1) is 11.3 Å². The molecule has 16 heavy (non-hydrogen) atoms. The number of nitrogens with one attached hydrogen (secondary N) is 1. The van der Waals surface area contributed by atoms with Gasteiger partial charge >= 0.3 is 0 Å². The molecule has 1 N–H and O–H groups in total.